The van der Waals surface area contributed by atoms with Gasteiger partial charge in [-0.25, -0.2) is 9.97 Å². The Morgan fingerprint density at radius 1 is 1.17 bits per heavy atom. The molecule has 0 amide bonds. The lowest BCUT2D eigenvalue weighted by molar-refractivity contribution is 0.327. The van der Waals surface area contributed by atoms with Crippen molar-refractivity contribution in [3.05, 3.63) is 71.5 Å². The molecule has 0 bridgehead atoms. The second-order valence-electron chi connectivity index (χ2n) is 6.85. The average Bonchev–Trinajstić information content (AvgIpc) is 3.13. The molecule has 0 saturated heterocycles. The van der Waals surface area contributed by atoms with Gasteiger partial charge in [0.25, 0.3) is 0 Å². The molecule has 0 aliphatic heterocycles. The van der Waals surface area contributed by atoms with Crippen molar-refractivity contribution in [3.8, 4) is 23.2 Å². The Morgan fingerprint density at radius 3 is 2.77 bits per heavy atom. The molecule has 0 atom stereocenters. The Balaban J connectivity index is 1.77. The summed E-state index contributed by atoms with van der Waals surface area (Å²) in [7, 11) is 0. The summed E-state index contributed by atoms with van der Waals surface area (Å²) in [5.74, 6) is 1.65. The first-order valence-electron chi connectivity index (χ1n) is 9.70. The van der Waals surface area contributed by atoms with Crippen LogP contribution in [-0.4, -0.2) is 28.1 Å². The fourth-order valence-corrected chi connectivity index (χ4v) is 3.42. The van der Waals surface area contributed by atoms with E-state index >= 15 is 0 Å². The van der Waals surface area contributed by atoms with Crippen LogP contribution in [0, 0.1) is 18.3 Å². The number of ether oxygens (including phenoxy) is 1. The van der Waals surface area contributed by atoms with Gasteiger partial charge in [-0.2, -0.15) is 5.26 Å². The Kier molecular flexibility index (Phi) is 5.59. The first-order valence-corrected chi connectivity index (χ1v) is 9.70. The number of aryl methyl sites for hydroxylation is 1. The van der Waals surface area contributed by atoms with Crippen LogP contribution in [0.1, 0.15) is 16.8 Å². The van der Waals surface area contributed by atoms with Crippen LogP contribution in [0.4, 0.5) is 5.82 Å². The normalized spacial score (nSPS) is 10.7. The van der Waals surface area contributed by atoms with E-state index in [1.807, 2.05) is 49.4 Å². The molecule has 4 rings (SSSR count). The minimum absolute atomic E-state index is 0.368. The molecule has 2 aromatic heterocycles. The van der Waals surface area contributed by atoms with Gasteiger partial charge in [-0.1, -0.05) is 36.4 Å². The van der Waals surface area contributed by atoms with Crippen molar-refractivity contribution in [3.63, 3.8) is 0 Å². The molecule has 0 fully saturated rings. The summed E-state index contributed by atoms with van der Waals surface area (Å²) >= 11 is 0. The third kappa shape index (κ3) is 3.81. The van der Waals surface area contributed by atoms with Crippen LogP contribution >= 0.6 is 0 Å². The molecule has 2 heterocycles. The molecular weight excluding hydrogens is 376 g/mol. The average molecular weight is 398 g/mol. The van der Waals surface area contributed by atoms with Gasteiger partial charge < -0.3 is 20.8 Å². The summed E-state index contributed by atoms with van der Waals surface area (Å²) < 4.78 is 5.74. The molecule has 0 unspecified atom stereocenters. The number of nitriles is 1. The second-order valence-corrected chi connectivity index (χ2v) is 6.85. The predicted molar refractivity (Wildman–Crippen MR) is 117 cm³/mol. The van der Waals surface area contributed by atoms with Gasteiger partial charge in [0.05, 0.1) is 17.8 Å². The highest BCUT2D eigenvalue weighted by atomic mass is 16.5. The molecule has 7 nitrogen and oxygen atoms in total. The van der Waals surface area contributed by atoms with Crippen molar-refractivity contribution >= 4 is 16.7 Å². The highest BCUT2D eigenvalue weighted by molar-refractivity contribution is 5.99. The van der Waals surface area contributed by atoms with Gasteiger partial charge in [-0.15, -0.1) is 0 Å². The molecule has 7 heteroatoms. The van der Waals surface area contributed by atoms with Crippen LogP contribution in [0.25, 0.3) is 22.3 Å². The highest BCUT2D eigenvalue weighted by Crippen LogP contribution is 2.34. The van der Waals surface area contributed by atoms with Gasteiger partial charge in [-0.05, 0) is 24.6 Å². The van der Waals surface area contributed by atoms with E-state index in [0.29, 0.717) is 42.7 Å². The number of hydrogen-bond acceptors (Lipinski definition) is 6. The number of rotatable bonds is 7. The first-order chi connectivity index (χ1) is 14.7. The van der Waals surface area contributed by atoms with Gasteiger partial charge in [0.15, 0.2) is 17.4 Å². The smallest absolute Gasteiger partial charge is 0.179 e. The minimum Gasteiger partial charge on any atom is -0.487 e. The van der Waals surface area contributed by atoms with E-state index < -0.39 is 0 Å². The molecule has 2 aromatic carbocycles. The number of nitrogens with zero attached hydrogens (tertiary/aromatic N) is 3. The number of aromatic amines is 1. The zero-order chi connectivity index (χ0) is 20.9. The zero-order valence-electron chi connectivity index (χ0n) is 16.6. The van der Waals surface area contributed by atoms with E-state index in [2.05, 4.69) is 21.4 Å². The lowest BCUT2D eigenvalue weighted by Crippen LogP contribution is -2.13. The number of aromatic nitrogens is 3. The second kappa shape index (κ2) is 8.64. The molecule has 150 valence electrons. The molecule has 0 spiro atoms. The first kappa shape index (κ1) is 19.4. The molecule has 0 saturated carbocycles. The number of H-pyrrole nitrogens is 1. The highest BCUT2D eigenvalue weighted by Gasteiger charge is 2.18. The maximum atomic E-state index is 9.57. The van der Waals surface area contributed by atoms with E-state index in [4.69, 9.17) is 15.5 Å². The Morgan fingerprint density at radius 2 is 2.00 bits per heavy atom. The summed E-state index contributed by atoms with van der Waals surface area (Å²) in [4.78, 5) is 12.6. The molecule has 4 aromatic rings. The Labute approximate surface area is 174 Å². The van der Waals surface area contributed by atoms with E-state index in [9.17, 15) is 5.26 Å². The third-order valence-electron chi connectivity index (χ3n) is 4.79. The van der Waals surface area contributed by atoms with Gasteiger partial charge in [0.2, 0.25) is 0 Å². The summed E-state index contributed by atoms with van der Waals surface area (Å²) in [6.45, 7) is 3.31. The van der Waals surface area contributed by atoms with Crippen molar-refractivity contribution in [1.82, 2.24) is 15.0 Å². The summed E-state index contributed by atoms with van der Waals surface area (Å²) in [5.41, 5.74) is 9.89. The van der Waals surface area contributed by atoms with Gasteiger partial charge in [0.1, 0.15) is 6.61 Å². The van der Waals surface area contributed by atoms with Crippen molar-refractivity contribution in [2.24, 2.45) is 5.73 Å². The van der Waals surface area contributed by atoms with Crippen LogP contribution in [-0.2, 0) is 6.54 Å². The SMILES string of the molecule is Cc1[nH]c2cccc(C#N)c2c1-c1ncc(OCCN)c(NCc2ccccc2)n1. The summed E-state index contributed by atoms with van der Waals surface area (Å²) in [5, 5.41) is 13.7. The molecule has 0 aliphatic carbocycles. The number of anilines is 1. The fraction of sp³-hybridized carbons (Fsp3) is 0.174. The lowest BCUT2D eigenvalue weighted by Gasteiger charge is -2.13. The maximum Gasteiger partial charge on any atom is 0.179 e. The number of hydrogen-bond donors (Lipinski definition) is 3. The van der Waals surface area contributed by atoms with Crippen LogP contribution in [0.5, 0.6) is 5.75 Å². The van der Waals surface area contributed by atoms with Gasteiger partial charge >= 0.3 is 0 Å². The molecule has 4 N–H and O–H groups in total. The monoisotopic (exact) mass is 398 g/mol. The largest absolute Gasteiger partial charge is 0.487 e. The topological polar surface area (TPSA) is 113 Å². The summed E-state index contributed by atoms with van der Waals surface area (Å²) in [6.07, 6.45) is 1.65. The maximum absolute atomic E-state index is 9.57. The quantitative estimate of drug-likeness (QED) is 0.437. The molecule has 0 radical (unpaired) electrons. The molecule has 30 heavy (non-hydrogen) atoms. The number of nitrogens with one attached hydrogen (secondary N) is 2. The summed E-state index contributed by atoms with van der Waals surface area (Å²) in [6, 6.07) is 17.9. The zero-order valence-corrected chi connectivity index (χ0v) is 16.6. The Hall–Kier alpha value is -3.89. The van der Waals surface area contributed by atoms with Crippen LogP contribution < -0.4 is 15.8 Å². The number of fused-ring (bicyclic) bond motifs is 1. The number of benzene rings is 2. The van der Waals surface area contributed by atoms with Gasteiger partial charge in [0, 0.05) is 35.2 Å². The molecule has 0 aliphatic rings. The van der Waals surface area contributed by atoms with E-state index in [0.717, 1.165) is 27.7 Å². The number of nitrogens with two attached hydrogens (primary N) is 1. The van der Waals surface area contributed by atoms with Crippen LogP contribution in [0.15, 0.2) is 54.7 Å². The van der Waals surface area contributed by atoms with Crippen molar-refractivity contribution in [2.45, 2.75) is 13.5 Å². The van der Waals surface area contributed by atoms with Gasteiger partial charge in [-0.3, -0.25) is 0 Å². The van der Waals surface area contributed by atoms with Crippen LogP contribution in [0.3, 0.4) is 0 Å². The van der Waals surface area contributed by atoms with E-state index in [1.165, 1.54) is 0 Å². The Bertz CT molecular complexity index is 1210. The predicted octanol–water partition coefficient (Wildman–Crippen LogP) is 3.75. The van der Waals surface area contributed by atoms with Crippen molar-refractivity contribution < 1.29 is 4.74 Å². The minimum atomic E-state index is 0.368. The lowest BCUT2D eigenvalue weighted by atomic mass is 10.1. The third-order valence-corrected chi connectivity index (χ3v) is 4.79. The fourth-order valence-electron chi connectivity index (χ4n) is 3.42. The molecular formula is C23H22N6O. The van der Waals surface area contributed by atoms with Crippen LogP contribution in [0.2, 0.25) is 0 Å². The van der Waals surface area contributed by atoms with Crippen molar-refractivity contribution in [2.75, 3.05) is 18.5 Å². The van der Waals surface area contributed by atoms with E-state index in [1.54, 1.807) is 12.3 Å². The standard InChI is InChI=1S/C23H22N6O/c1-15-20(21-17(12-25)8-5-9-18(21)28-15)23-27-14-19(30-11-10-24)22(29-23)26-13-16-6-3-2-4-7-16/h2-9,14,28H,10-11,13,24H2,1H3,(H,26,27,29). The van der Waals surface area contributed by atoms with E-state index in [-0.39, 0.29) is 0 Å². The van der Waals surface area contributed by atoms with Crippen molar-refractivity contribution in [1.29, 1.82) is 5.26 Å².